The van der Waals surface area contributed by atoms with E-state index in [0.717, 1.165) is 5.56 Å². The zero-order valence-corrected chi connectivity index (χ0v) is 13.1. The summed E-state index contributed by atoms with van der Waals surface area (Å²) in [5.41, 5.74) is 7.60. The lowest BCUT2D eigenvalue weighted by molar-refractivity contribution is 0.0940. The Morgan fingerprint density at radius 2 is 2.29 bits per heavy atom. The summed E-state index contributed by atoms with van der Waals surface area (Å²) < 4.78 is 0. The fraction of sp³-hybridized carbons (Fsp3) is 0.188. The van der Waals surface area contributed by atoms with E-state index in [1.807, 2.05) is 23.8 Å². The van der Waals surface area contributed by atoms with E-state index in [0.29, 0.717) is 16.1 Å². The third-order valence-electron chi connectivity index (χ3n) is 2.95. The molecule has 21 heavy (non-hydrogen) atoms. The molecule has 3 nitrogen and oxygen atoms in total. The Bertz CT molecular complexity index is 686. The first-order chi connectivity index (χ1) is 10.1. The van der Waals surface area contributed by atoms with Gasteiger partial charge in [-0.05, 0) is 47.5 Å². The summed E-state index contributed by atoms with van der Waals surface area (Å²) in [6.45, 7) is 2.22. The highest BCUT2D eigenvalue weighted by atomic mass is 35.5. The molecule has 1 unspecified atom stereocenters. The Labute approximate surface area is 133 Å². The van der Waals surface area contributed by atoms with Gasteiger partial charge in [0.1, 0.15) is 0 Å². The van der Waals surface area contributed by atoms with Crippen molar-refractivity contribution in [1.82, 2.24) is 5.32 Å². The van der Waals surface area contributed by atoms with Gasteiger partial charge in [0.05, 0.1) is 17.6 Å². The van der Waals surface area contributed by atoms with Crippen LogP contribution < -0.4 is 11.1 Å². The van der Waals surface area contributed by atoms with Gasteiger partial charge in [-0.2, -0.15) is 11.3 Å². The highest BCUT2D eigenvalue weighted by Crippen LogP contribution is 2.19. The molecular formula is C16H15ClN2OS. The predicted molar refractivity (Wildman–Crippen MR) is 87.6 cm³/mol. The van der Waals surface area contributed by atoms with Crippen LogP contribution in [0.2, 0.25) is 5.02 Å². The van der Waals surface area contributed by atoms with Crippen LogP contribution in [0.1, 0.15) is 34.5 Å². The molecular weight excluding hydrogens is 304 g/mol. The standard InChI is InChI=1S/C16H15ClN2OS/c1-11(14-6-8-21-10-14)19-16(20)13-5-4-12(3-2-7-18)15(17)9-13/h4-6,8-11H,7,18H2,1H3,(H,19,20). The van der Waals surface area contributed by atoms with Gasteiger partial charge in [0.25, 0.3) is 5.91 Å². The smallest absolute Gasteiger partial charge is 0.251 e. The molecule has 1 aromatic carbocycles. The van der Waals surface area contributed by atoms with Crippen molar-refractivity contribution in [2.24, 2.45) is 5.73 Å². The lowest BCUT2D eigenvalue weighted by atomic mass is 10.1. The van der Waals surface area contributed by atoms with Gasteiger partial charge in [-0.3, -0.25) is 4.79 Å². The summed E-state index contributed by atoms with van der Waals surface area (Å²) in [6.07, 6.45) is 0. The van der Waals surface area contributed by atoms with Gasteiger partial charge in [0, 0.05) is 11.1 Å². The van der Waals surface area contributed by atoms with Crippen LogP contribution in [0.15, 0.2) is 35.0 Å². The monoisotopic (exact) mass is 318 g/mol. The maximum atomic E-state index is 12.2. The van der Waals surface area contributed by atoms with Gasteiger partial charge in [-0.1, -0.05) is 23.4 Å². The Hall–Kier alpha value is -1.80. The SMILES string of the molecule is CC(NC(=O)c1ccc(C#CCN)c(Cl)c1)c1ccsc1. The first-order valence-electron chi connectivity index (χ1n) is 6.43. The number of rotatable bonds is 3. The molecule has 1 amide bonds. The van der Waals surface area contributed by atoms with Crippen molar-refractivity contribution in [3.05, 3.63) is 56.7 Å². The Balaban J connectivity index is 2.11. The Kier molecular flexibility index (Phi) is 5.40. The third-order valence-corrected chi connectivity index (χ3v) is 3.96. The fourth-order valence-electron chi connectivity index (χ4n) is 1.79. The number of carbonyl (C=O) groups excluding carboxylic acids is 1. The number of thiophene rings is 1. The van der Waals surface area contributed by atoms with E-state index in [1.165, 1.54) is 0 Å². The summed E-state index contributed by atoms with van der Waals surface area (Å²) in [5, 5.41) is 7.40. The van der Waals surface area contributed by atoms with Crippen molar-refractivity contribution in [1.29, 1.82) is 0 Å². The lowest BCUT2D eigenvalue weighted by Crippen LogP contribution is -2.26. The molecule has 0 saturated heterocycles. The molecule has 1 heterocycles. The van der Waals surface area contributed by atoms with Gasteiger partial charge < -0.3 is 11.1 Å². The molecule has 0 aliphatic carbocycles. The van der Waals surface area contributed by atoms with Crippen LogP contribution in [0.5, 0.6) is 0 Å². The average molecular weight is 319 g/mol. The van der Waals surface area contributed by atoms with E-state index in [4.69, 9.17) is 17.3 Å². The molecule has 0 saturated carbocycles. The van der Waals surface area contributed by atoms with E-state index >= 15 is 0 Å². The van der Waals surface area contributed by atoms with E-state index in [2.05, 4.69) is 17.2 Å². The summed E-state index contributed by atoms with van der Waals surface area (Å²) in [5.74, 6) is 5.44. The van der Waals surface area contributed by atoms with Crippen molar-refractivity contribution in [2.75, 3.05) is 6.54 Å². The number of nitrogens with one attached hydrogen (secondary N) is 1. The van der Waals surface area contributed by atoms with Crippen LogP contribution in [0.3, 0.4) is 0 Å². The van der Waals surface area contributed by atoms with Crippen LogP contribution in [0, 0.1) is 11.8 Å². The van der Waals surface area contributed by atoms with Gasteiger partial charge >= 0.3 is 0 Å². The zero-order valence-electron chi connectivity index (χ0n) is 11.5. The minimum absolute atomic E-state index is 0.0424. The first kappa shape index (κ1) is 15.6. The van der Waals surface area contributed by atoms with Crippen molar-refractivity contribution in [3.8, 4) is 11.8 Å². The average Bonchev–Trinajstić information content (AvgIpc) is 3.00. The predicted octanol–water partition coefficient (Wildman–Crippen LogP) is 3.20. The number of benzene rings is 1. The quantitative estimate of drug-likeness (QED) is 0.854. The topological polar surface area (TPSA) is 55.1 Å². The van der Waals surface area contributed by atoms with Gasteiger partial charge in [0.2, 0.25) is 0 Å². The van der Waals surface area contributed by atoms with Crippen molar-refractivity contribution >= 4 is 28.8 Å². The minimum Gasteiger partial charge on any atom is -0.345 e. The fourth-order valence-corrected chi connectivity index (χ4v) is 2.77. The molecule has 0 radical (unpaired) electrons. The Morgan fingerprint density at radius 3 is 2.90 bits per heavy atom. The number of carbonyl (C=O) groups is 1. The maximum Gasteiger partial charge on any atom is 0.251 e. The summed E-state index contributed by atoms with van der Waals surface area (Å²) in [7, 11) is 0. The molecule has 0 spiro atoms. The molecule has 0 aliphatic heterocycles. The summed E-state index contributed by atoms with van der Waals surface area (Å²) in [6, 6.07) is 7.02. The third kappa shape index (κ3) is 4.08. The maximum absolute atomic E-state index is 12.2. The molecule has 5 heteroatoms. The van der Waals surface area contributed by atoms with Crippen molar-refractivity contribution in [2.45, 2.75) is 13.0 Å². The zero-order chi connectivity index (χ0) is 15.2. The molecule has 2 aromatic rings. The summed E-state index contributed by atoms with van der Waals surface area (Å²) >= 11 is 7.73. The molecule has 3 N–H and O–H groups in total. The van der Waals surface area contributed by atoms with Gasteiger partial charge in [-0.15, -0.1) is 0 Å². The van der Waals surface area contributed by atoms with Crippen molar-refractivity contribution < 1.29 is 4.79 Å². The van der Waals surface area contributed by atoms with E-state index in [-0.39, 0.29) is 18.5 Å². The molecule has 108 valence electrons. The number of nitrogens with two attached hydrogens (primary N) is 1. The number of hydrogen-bond donors (Lipinski definition) is 2. The van der Waals surface area contributed by atoms with Gasteiger partial charge in [-0.25, -0.2) is 0 Å². The second-order valence-electron chi connectivity index (χ2n) is 4.45. The highest BCUT2D eigenvalue weighted by molar-refractivity contribution is 7.07. The molecule has 0 aliphatic rings. The number of amides is 1. The largest absolute Gasteiger partial charge is 0.345 e. The molecule has 0 bridgehead atoms. The Morgan fingerprint density at radius 1 is 1.48 bits per heavy atom. The second-order valence-corrected chi connectivity index (χ2v) is 5.64. The lowest BCUT2D eigenvalue weighted by Gasteiger charge is -2.13. The minimum atomic E-state index is -0.158. The van der Waals surface area contributed by atoms with Crippen LogP contribution in [0.4, 0.5) is 0 Å². The van der Waals surface area contributed by atoms with Crippen LogP contribution in [-0.4, -0.2) is 12.5 Å². The van der Waals surface area contributed by atoms with E-state index in [9.17, 15) is 4.79 Å². The van der Waals surface area contributed by atoms with E-state index in [1.54, 1.807) is 29.5 Å². The van der Waals surface area contributed by atoms with Gasteiger partial charge in [0.15, 0.2) is 0 Å². The second kappa shape index (κ2) is 7.28. The molecule has 2 rings (SSSR count). The molecule has 1 atom stereocenters. The molecule has 0 fully saturated rings. The molecule has 1 aromatic heterocycles. The van der Waals surface area contributed by atoms with Crippen LogP contribution in [0.25, 0.3) is 0 Å². The number of halogens is 1. The normalized spacial score (nSPS) is 11.4. The highest BCUT2D eigenvalue weighted by Gasteiger charge is 2.12. The van der Waals surface area contributed by atoms with Crippen LogP contribution >= 0.6 is 22.9 Å². The van der Waals surface area contributed by atoms with Crippen molar-refractivity contribution in [3.63, 3.8) is 0 Å². The van der Waals surface area contributed by atoms with Crippen LogP contribution in [-0.2, 0) is 0 Å². The summed E-state index contributed by atoms with van der Waals surface area (Å²) in [4.78, 5) is 12.2. The first-order valence-corrected chi connectivity index (χ1v) is 7.75. The van der Waals surface area contributed by atoms with E-state index < -0.39 is 0 Å². The number of hydrogen-bond acceptors (Lipinski definition) is 3.